The number of hydrogen-bond donors (Lipinski definition) is 1. The number of nitrogens with zero attached hydrogens (tertiary/aromatic N) is 3. The normalized spacial score (nSPS) is 14.2. The van der Waals surface area contributed by atoms with Gasteiger partial charge in [0.05, 0.1) is 10.6 Å². The zero-order valence-corrected chi connectivity index (χ0v) is 20.9. The second-order valence-corrected chi connectivity index (χ2v) is 11.3. The molecule has 2 heterocycles. The highest BCUT2D eigenvalue weighted by molar-refractivity contribution is 8.00. The van der Waals surface area contributed by atoms with Gasteiger partial charge in [0.25, 0.3) is 0 Å². The number of rotatable bonds is 7. The van der Waals surface area contributed by atoms with Crippen LogP contribution in [0.2, 0.25) is 0 Å². The summed E-state index contributed by atoms with van der Waals surface area (Å²) in [5.74, 6) is -0.469. The molecule has 1 fully saturated rings. The Bertz CT molecular complexity index is 1510. The minimum absolute atomic E-state index is 0.0996. The van der Waals surface area contributed by atoms with Crippen LogP contribution in [0.3, 0.4) is 0 Å². The van der Waals surface area contributed by atoms with Gasteiger partial charge in [-0.2, -0.15) is 4.31 Å². The van der Waals surface area contributed by atoms with E-state index in [0.29, 0.717) is 29.5 Å². The van der Waals surface area contributed by atoms with Crippen LogP contribution in [-0.4, -0.2) is 47.7 Å². The van der Waals surface area contributed by atoms with Gasteiger partial charge in [-0.1, -0.05) is 36.0 Å². The standard InChI is InChI=1S/C26H23FN4O3S2/c27-19-9-7-18(8-10-19)25-22-5-1-2-6-23(22)26(30-29-25)35-17-24(32)28-20-11-13-21(14-12-20)36(33,34)31-15-3-4-16-31/h1-2,5-14H,3-4,15-17H2,(H,28,32). The van der Waals surface area contributed by atoms with Crippen LogP contribution < -0.4 is 5.32 Å². The van der Waals surface area contributed by atoms with Crippen molar-refractivity contribution in [3.8, 4) is 11.3 Å². The first-order valence-corrected chi connectivity index (χ1v) is 13.9. The van der Waals surface area contributed by atoms with E-state index in [0.717, 1.165) is 29.2 Å². The summed E-state index contributed by atoms with van der Waals surface area (Å²) in [5.41, 5.74) is 1.91. The van der Waals surface area contributed by atoms with Gasteiger partial charge in [0.15, 0.2) is 0 Å². The Hall–Kier alpha value is -3.34. The fourth-order valence-corrected chi connectivity index (χ4v) is 6.41. The molecule has 1 amide bonds. The number of halogens is 1. The predicted molar refractivity (Wildman–Crippen MR) is 139 cm³/mol. The van der Waals surface area contributed by atoms with Gasteiger partial charge in [0, 0.05) is 35.1 Å². The fourth-order valence-electron chi connectivity index (χ4n) is 4.13. The van der Waals surface area contributed by atoms with Crippen LogP contribution in [0, 0.1) is 5.82 Å². The summed E-state index contributed by atoms with van der Waals surface area (Å²) >= 11 is 1.26. The molecular weight excluding hydrogens is 499 g/mol. The Kier molecular flexibility index (Phi) is 6.99. The second kappa shape index (κ2) is 10.3. The highest BCUT2D eigenvalue weighted by Gasteiger charge is 2.27. The topological polar surface area (TPSA) is 92.3 Å². The van der Waals surface area contributed by atoms with Crippen LogP contribution in [-0.2, 0) is 14.8 Å². The zero-order chi connectivity index (χ0) is 25.1. The maximum atomic E-state index is 13.3. The lowest BCUT2D eigenvalue weighted by molar-refractivity contribution is -0.113. The van der Waals surface area contributed by atoms with E-state index in [9.17, 15) is 17.6 Å². The summed E-state index contributed by atoms with van der Waals surface area (Å²) < 4.78 is 40.2. The van der Waals surface area contributed by atoms with Crippen molar-refractivity contribution in [3.05, 3.63) is 78.6 Å². The molecule has 1 aromatic heterocycles. The van der Waals surface area contributed by atoms with E-state index < -0.39 is 10.0 Å². The van der Waals surface area contributed by atoms with Crippen molar-refractivity contribution in [2.45, 2.75) is 22.8 Å². The van der Waals surface area contributed by atoms with Crippen molar-refractivity contribution in [2.24, 2.45) is 0 Å². The molecule has 3 aromatic carbocycles. The highest BCUT2D eigenvalue weighted by Crippen LogP contribution is 2.32. The molecule has 4 aromatic rings. The Labute approximate surface area is 212 Å². The van der Waals surface area contributed by atoms with Crippen molar-refractivity contribution < 1.29 is 17.6 Å². The Morgan fingerprint density at radius 2 is 1.58 bits per heavy atom. The maximum Gasteiger partial charge on any atom is 0.243 e. The van der Waals surface area contributed by atoms with Crippen LogP contribution in [0.15, 0.2) is 82.7 Å². The van der Waals surface area contributed by atoms with Gasteiger partial charge < -0.3 is 5.32 Å². The molecule has 36 heavy (non-hydrogen) atoms. The Morgan fingerprint density at radius 1 is 0.917 bits per heavy atom. The summed E-state index contributed by atoms with van der Waals surface area (Å²) in [6.45, 7) is 1.08. The predicted octanol–water partition coefficient (Wildman–Crippen LogP) is 4.95. The molecule has 0 unspecified atom stereocenters. The molecule has 0 aliphatic carbocycles. The number of carbonyl (C=O) groups is 1. The number of sulfonamides is 1. The molecule has 7 nitrogen and oxygen atoms in total. The lowest BCUT2D eigenvalue weighted by Gasteiger charge is -2.15. The number of thioether (sulfide) groups is 1. The van der Waals surface area contributed by atoms with Crippen LogP contribution in [0.4, 0.5) is 10.1 Å². The van der Waals surface area contributed by atoms with E-state index in [1.807, 2.05) is 24.3 Å². The maximum absolute atomic E-state index is 13.3. The molecule has 0 bridgehead atoms. The van der Waals surface area contributed by atoms with Gasteiger partial charge in [0.2, 0.25) is 15.9 Å². The highest BCUT2D eigenvalue weighted by atomic mass is 32.2. The van der Waals surface area contributed by atoms with E-state index >= 15 is 0 Å². The number of fused-ring (bicyclic) bond motifs is 1. The molecule has 0 atom stereocenters. The molecule has 184 valence electrons. The van der Waals surface area contributed by atoms with Crippen LogP contribution in [0.5, 0.6) is 0 Å². The van der Waals surface area contributed by atoms with Crippen molar-refractivity contribution in [1.29, 1.82) is 0 Å². The Morgan fingerprint density at radius 3 is 2.28 bits per heavy atom. The third-order valence-corrected chi connectivity index (χ3v) is 8.85. The number of amides is 1. The van der Waals surface area contributed by atoms with E-state index in [1.54, 1.807) is 24.3 Å². The van der Waals surface area contributed by atoms with Gasteiger partial charge in [-0.3, -0.25) is 4.79 Å². The first-order valence-electron chi connectivity index (χ1n) is 11.5. The van der Waals surface area contributed by atoms with E-state index in [-0.39, 0.29) is 22.4 Å². The second-order valence-electron chi connectivity index (χ2n) is 8.38. The van der Waals surface area contributed by atoms with Gasteiger partial charge in [-0.25, -0.2) is 12.8 Å². The third kappa shape index (κ3) is 5.11. The number of aromatic nitrogens is 2. The molecule has 1 saturated heterocycles. The monoisotopic (exact) mass is 522 g/mol. The average Bonchev–Trinajstić information content (AvgIpc) is 3.44. The quantitative estimate of drug-likeness (QED) is 0.345. The SMILES string of the molecule is O=C(CSc1nnc(-c2ccc(F)cc2)c2ccccc12)Nc1ccc(S(=O)(=O)N2CCCC2)cc1. The fraction of sp³-hybridized carbons (Fsp3) is 0.192. The average molecular weight is 523 g/mol. The van der Waals surface area contributed by atoms with Crippen molar-refractivity contribution in [1.82, 2.24) is 14.5 Å². The first-order chi connectivity index (χ1) is 17.4. The van der Waals surface area contributed by atoms with E-state index in [2.05, 4.69) is 15.5 Å². The van der Waals surface area contributed by atoms with Gasteiger partial charge in [0.1, 0.15) is 16.5 Å². The zero-order valence-electron chi connectivity index (χ0n) is 19.2. The molecule has 0 spiro atoms. The first kappa shape index (κ1) is 24.4. The molecular formula is C26H23FN4O3S2. The number of hydrogen-bond acceptors (Lipinski definition) is 6. The molecule has 1 aliphatic rings. The van der Waals surface area contributed by atoms with Crippen LogP contribution in [0.25, 0.3) is 22.0 Å². The molecule has 0 radical (unpaired) electrons. The van der Waals surface area contributed by atoms with E-state index in [4.69, 9.17) is 0 Å². The number of anilines is 1. The minimum atomic E-state index is -3.49. The van der Waals surface area contributed by atoms with Crippen LogP contribution >= 0.6 is 11.8 Å². The van der Waals surface area contributed by atoms with E-state index in [1.165, 1.54) is 40.3 Å². The number of nitrogens with one attached hydrogen (secondary N) is 1. The van der Waals surface area contributed by atoms with Gasteiger partial charge in [-0.05, 0) is 61.4 Å². The Balaban J connectivity index is 1.27. The van der Waals surface area contributed by atoms with Crippen molar-refractivity contribution >= 4 is 44.2 Å². The van der Waals surface area contributed by atoms with Gasteiger partial charge >= 0.3 is 0 Å². The molecule has 1 aliphatic heterocycles. The van der Waals surface area contributed by atoms with Crippen molar-refractivity contribution in [3.63, 3.8) is 0 Å². The number of benzene rings is 3. The summed E-state index contributed by atoms with van der Waals surface area (Å²) in [6, 6.07) is 19.9. The minimum Gasteiger partial charge on any atom is -0.325 e. The number of carbonyl (C=O) groups excluding carboxylic acids is 1. The molecule has 5 rings (SSSR count). The summed E-state index contributed by atoms with van der Waals surface area (Å²) in [5, 5.41) is 13.8. The molecule has 10 heteroatoms. The van der Waals surface area contributed by atoms with Gasteiger partial charge in [-0.15, -0.1) is 10.2 Å². The van der Waals surface area contributed by atoms with Crippen LogP contribution in [0.1, 0.15) is 12.8 Å². The van der Waals surface area contributed by atoms with Crippen molar-refractivity contribution in [2.75, 3.05) is 24.2 Å². The molecule has 1 N–H and O–H groups in total. The lowest BCUT2D eigenvalue weighted by Crippen LogP contribution is -2.27. The summed E-state index contributed by atoms with van der Waals surface area (Å²) in [7, 11) is -3.49. The summed E-state index contributed by atoms with van der Waals surface area (Å²) in [4.78, 5) is 12.8. The lowest BCUT2D eigenvalue weighted by atomic mass is 10.1. The smallest absolute Gasteiger partial charge is 0.243 e. The largest absolute Gasteiger partial charge is 0.325 e. The summed E-state index contributed by atoms with van der Waals surface area (Å²) in [6.07, 6.45) is 1.75. The molecule has 0 saturated carbocycles. The third-order valence-electron chi connectivity index (χ3n) is 5.95.